The number of nitrogens with one attached hydrogen (secondary N) is 1. The van der Waals surface area contributed by atoms with Crippen molar-refractivity contribution in [1.82, 2.24) is 10.2 Å². The maximum absolute atomic E-state index is 12.4. The van der Waals surface area contributed by atoms with Gasteiger partial charge < -0.3 is 10.2 Å². The summed E-state index contributed by atoms with van der Waals surface area (Å²) in [5.41, 5.74) is 2.07. The van der Waals surface area contributed by atoms with Crippen molar-refractivity contribution < 1.29 is 9.72 Å². The smallest absolute Gasteiger partial charge is 0.269 e. The number of nitrogens with zero attached hydrogens (tertiary/aromatic N) is 3. The predicted octanol–water partition coefficient (Wildman–Crippen LogP) is 3.25. The van der Waals surface area contributed by atoms with Crippen LogP contribution < -0.4 is 10.2 Å². The van der Waals surface area contributed by atoms with Gasteiger partial charge in [0.25, 0.3) is 5.69 Å². The molecule has 1 saturated heterocycles. The number of carbonyl (C=O) groups is 1. The molecule has 7 nitrogen and oxygen atoms in total. The molecule has 1 heterocycles. The fraction of sp³-hybridized carbons (Fsp3) is 0.350. The van der Waals surface area contributed by atoms with E-state index in [4.69, 9.17) is 11.6 Å². The zero-order chi connectivity index (χ0) is 20.1. The largest absolute Gasteiger partial charge is 0.369 e. The van der Waals surface area contributed by atoms with Gasteiger partial charge in [-0.3, -0.25) is 19.8 Å². The lowest BCUT2D eigenvalue weighted by molar-refractivity contribution is -0.384. The van der Waals surface area contributed by atoms with Crippen LogP contribution in [0.3, 0.4) is 0 Å². The van der Waals surface area contributed by atoms with E-state index in [0.717, 1.165) is 37.4 Å². The van der Waals surface area contributed by atoms with Crippen molar-refractivity contribution in [1.29, 1.82) is 0 Å². The number of amides is 1. The number of non-ortho nitro benzene ring substituents is 1. The summed E-state index contributed by atoms with van der Waals surface area (Å²) in [5.74, 6) is -0.00811. The molecule has 28 heavy (non-hydrogen) atoms. The van der Waals surface area contributed by atoms with Crippen LogP contribution in [-0.4, -0.2) is 48.5 Å². The Hall–Kier alpha value is -2.64. The second-order valence-corrected chi connectivity index (χ2v) is 7.31. The van der Waals surface area contributed by atoms with Gasteiger partial charge in [0.1, 0.15) is 0 Å². The molecule has 1 aliphatic rings. The molecule has 1 amide bonds. The molecule has 1 atom stereocenters. The SMILES string of the molecule is CC(NC(=O)CN1CCN(c2ccc([N+](=O)[O-])cc2)CC1)c1ccc(Cl)cc1. The Bertz CT molecular complexity index is 818. The molecule has 1 aliphatic heterocycles. The Morgan fingerprint density at radius 3 is 2.29 bits per heavy atom. The van der Waals surface area contributed by atoms with Crippen LogP contribution in [0.15, 0.2) is 48.5 Å². The molecular formula is C20H23ClN4O3. The molecule has 1 N–H and O–H groups in total. The van der Waals surface area contributed by atoms with Gasteiger partial charge in [-0.05, 0) is 36.8 Å². The first kappa shape index (κ1) is 20.1. The van der Waals surface area contributed by atoms with Crippen molar-refractivity contribution in [2.75, 3.05) is 37.6 Å². The van der Waals surface area contributed by atoms with Crippen molar-refractivity contribution in [2.24, 2.45) is 0 Å². The maximum Gasteiger partial charge on any atom is 0.269 e. The normalized spacial score (nSPS) is 15.9. The summed E-state index contributed by atoms with van der Waals surface area (Å²) in [5, 5.41) is 14.5. The second kappa shape index (κ2) is 9.03. The molecule has 0 bridgehead atoms. The number of halogens is 1. The summed E-state index contributed by atoms with van der Waals surface area (Å²) in [4.78, 5) is 27.0. The van der Waals surface area contributed by atoms with E-state index in [2.05, 4.69) is 15.1 Å². The van der Waals surface area contributed by atoms with Crippen LogP contribution in [0.2, 0.25) is 5.02 Å². The van der Waals surface area contributed by atoms with E-state index >= 15 is 0 Å². The van der Waals surface area contributed by atoms with Crippen molar-refractivity contribution in [2.45, 2.75) is 13.0 Å². The van der Waals surface area contributed by atoms with Crippen molar-refractivity contribution in [3.63, 3.8) is 0 Å². The first-order valence-corrected chi connectivity index (χ1v) is 9.57. The van der Waals surface area contributed by atoms with E-state index in [-0.39, 0.29) is 17.6 Å². The van der Waals surface area contributed by atoms with Crippen LogP contribution >= 0.6 is 11.6 Å². The predicted molar refractivity (Wildman–Crippen MR) is 110 cm³/mol. The van der Waals surface area contributed by atoms with Gasteiger partial charge in [-0.1, -0.05) is 23.7 Å². The molecular weight excluding hydrogens is 380 g/mol. The third-order valence-electron chi connectivity index (χ3n) is 4.91. The lowest BCUT2D eigenvalue weighted by Gasteiger charge is -2.35. The topological polar surface area (TPSA) is 78.7 Å². The van der Waals surface area contributed by atoms with E-state index in [1.807, 2.05) is 31.2 Å². The number of rotatable bonds is 6. The van der Waals surface area contributed by atoms with Crippen LogP contribution in [0.25, 0.3) is 0 Å². The van der Waals surface area contributed by atoms with Crippen molar-refractivity contribution >= 4 is 28.9 Å². The molecule has 2 aromatic carbocycles. The number of benzene rings is 2. The third-order valence-corrected chi connectivity index (χ3v) is 5.16. The number of carbonyl (C=O) groups excluding carboxylic acids is 1. The van der Waals surface area contributed by atoms with E-state index < -0.39 is 4.92 Å². The number of nitro benzene ring substituents is 1. The molecule has 8 heteroatoms. The molecule has 0 radical (unpaired) electrons. The van der Waals surface area contributed by atoms with Crippen LogP contribution in [-0.2, 0) is 4.79 Å². The van der Waals surface area contributed by atoms with Gasteiger partial charge in [-0.15, -0.1) is 0 Å². The minimum atomic E-state index is -0.397. The van der Waals surface area contributed by atoms with E-state index in [1.165, 1.54) is 12.1 Å². The van der Waals surface area contributed by atoms with Crippen LogP contribution in [0.1, 0.15) is 18.5 Å². The zero-order valence-electron chi connectivity index (χ0n) is 15.7. The van der Waals surface area contributed by atoms with Gasteiger partial charge >= 0.3 is 0 Å². The van der Waals surface area contributed by atoms with Gasteiger partial charge in [0.15, 0.2) is 0 Å². The highest BCUT2D eigenvalue weighted by atomic mass is 35.5. The molecule has 1 unspecified atom stereocenters. The highest BCUT2D eigenvalue weighted by Crippen LogP contribution is 2.21. The molecule has 0 spiro atoms. The van der Waals surface area contributed by atoms with Gasteiger partial charge in [0.05, 0.1) is 17.5 Å². The van der Waals surface area contributed by atoms with Crippen LogP contribution in [0, 0.1) is 10.1 Å². The summed E-state index contributed by atoms with van der Waals surface area (Å²) in [6.45, 7) is 5.38. The second-order valence-electron chi connectivity index (χ2n) is 6.88. The zero-order valence-corrected chi connectivity index (χ0v) is 16.4. The molecule has 0 saturated carbocycles. The average molecular weight is 403 g/mol. The summed E-state index contributed by atoms with van der Waals surface area (Å²) < 4.78 is 0. The average Bonchev–Trinajstić information content (AvgIpc) is 2.69. The Balaban J connectivity index is 1.46. The third kappa shape index (κ3) is 5.21. The lowest BCUT2D eigenvalue weighted by atomic mass is 10.1. The maximum atomic E-state index is 12.4. The highest BCUT2D eigenvalue weighted by Gasteiger charge is 2.20. The standard InChI is InChI=1S/C20H23ClN4O3/c1-15(16-2-4-17(21)5-3-16)22-20(26)14-23-10-12-24(13-11-23)18-6-8-19(9-7-18)25(27)28/h2-9,15H,10-14H2,1H3,(H,22,26). The van der Waals surface area contributed by atoms with E-state index in [9.17, 15) is 14.9 Å². The number of hydrogen-bond donors (Lipinski definition) is 1. The number of anilines is 1. The minimum Gasteiger partial charge on any atom is -0.369 e. The lowest BCUT2D eigenvalue weighted by Crippen LogP contribution is -2.49. The fourth-order valence-electron chi connectivity index (χ4n) is 3.27. The number of hydrogen-bond acceptors (Lipinski definition) is 5. The summed E-state index contributed by atoms with van der Waals surface area (Å²) in [7, 11) is 0. The van der Waals surface area contributed by atoms with E-state index in [0.29, 0.717) is 11.6 Å². The van der Waals surface area contributed by atoms with Gasteiger partial charge in [0, 0.05) is 49.0 Å². The van der Waals surface area contributed by atoms with Crippen LogP contribution in [0.5, 0.6) is 0 Å². The Morgan fingerprint density at radius 1 is 1.11 bits per heavy atom. The molecule has 3 rings (SSSR count). The Morgan fingerprint density at radius 2 is 1.71 bits per heavy atom. The molecule has 148 valence electrons. The first-order valence-electron chi connectivity index (χ1n) is 9.19. The fourth-order valence-corrected chi connectivity index (χ4v) is 3.40. The molecule has 2 aromatic rings. The van der Waals surface area contributed by atoms with E-state index in [1.54, 1.807) is 12.1 Å². The summed E-state index contributed by atoms with van der Waals surface area (Å²) >= 11 is 5.90. The molecule has 1 fully saturated rings. The Labute approximate surface area is 169 Å². The summed E-state index contributed by atoms with van der Waals surface area (Å²) in [6.07, 6.45) is 0. The van der Waals surface area contributed by atoms with Gasteiger partial charge in [0.2, 0.25) is 5.91 Å². The van der Waals surface area contributed by atoms with Gasteiger partial charge in [-0.2, -0.15) is 0 Å². The van der Waals surface area contributed by atoms with Crippen LogP contribution in [0.4, 0.5) is 11.4 Å². The van der Waals surface area contributed by atoms with Crippen molar-refractivity contribution in [3.05, 3.63) is 69.2 Å². The summed E-state index contributed by atoms with van der Waals surface area (Å²) in [6, 6.07) is 14.0. The highest BCUT2D eigenvalue weighted by molar-refractivity contribution is 6.30. The minimum absolute atomic E-state index is 0.00811. The molecule has 0 aromatic heterocycles. The monoisotopic (exact) mass is 402 g/mol. The molecule has 0 aliphatic carbocycles. The van der Waals surface area contributed by atoms with Crippen molar-refractivity contribution in [3.8, 4) is 0 Å². The number of piperazine rings is 1. The number of nitro groups is 1. The quantitative estimate of drug-likeness (QED) is 0.592. The van der Waals surface area contributed by atoms with Gasteiger partial charge in [-0.25, -0.2) is 0 Å². The Kier molecular flexibility index (Phi) is 6.49. The first-order chi connectivity index (χ1) is 13.4.